The van der Waals surface area contributed by atoms with Crippen molar-refractivity contribution in [3.05, 3.63) is 47.5 Å². The molecule has 0 spiro atoms. The van der Waals surface area contributed by atoms with Gasteiger partial charge in [0.05, 0.1) is 20.3 Å². The fourth-order valence-corrected chi connectivity index (χ4v) is 3.06. The summed E-state index contributed by atoms with van der Waals surface area (Å²) in [5.41, 5.74) is 9.30. The molecule has 5 heteroatoms. The van der Waals surface area contributed by atoms with Gasteiger partial charge in [0.15, 0.2) is 0 Å². The molecule has 5 nitrogen and oxygen atoms in total. The molecular weight excluding hydrogens is 280 g/mol. The first kappa shape index (κ1) is 14.5. The Morgan fingerprint density at radius 3 is 2.50 bits per heavy atom. The molecule has 1 aliphatic heterocycles. The molecule has 0 radical (unpaired) electrons. The number of ether oxygens (including phenoxy) is 2. The summed E-state index contributed by atoms with van der Waals surface area (Å²) in [4.78, 5) is 2.21. The number of phenols is 1. The highest BCUT2D eigenvalue weighted by Crippen LogP contribution is 2.44. The summed E-state index contributed by atoms with van der Waals surface area (Å²) >= 11 is 0. The maximum atomic E-state index is 9.47. The smallest absolute Gasteiger partial charge is 0.128 e. The van der Waals surface area contributed by atoms with Gasteiger partial charge in [0.1, 0.15) is 17.2 Å². The van der Waals surface area contributed by atoms with Crippen molar-refractivity contribution in [2.24, 2.45) is 5.73 Å². The topological polar surface area (TPSA) is 68.0 Å². The second kappa shape index (κ2) is 5.77. The lowest BCUT2D eigenvalue weighted by Crippen LogP contribution is -2.27. The third kappa shape index (κ3) is 2.33. The molecule has 0 aromatic heterocycles. The van der Waals surface area contributed by atoms with Crippen molar-refractivity contribution < 1.29 is 14.6 Å². The molecule has 0 saturated carbocycles. The molecule has 22 heavy (non-hydrogen) atoms. The average molecular weight is 300 g/mol. The van der Waals surface area contributed by atoms with Crippen LogP contribution in [0.15, 0.2) is 36.4 Å². The summed E-state index contributed by atoms with van der Waals surface area (Å²) in [6.45, 7) is 1.21. The SMILES string of the molecule is COc1cc2c(c(OC)c1)C(CN)N(c1ccc(O)cc1)C2. The maximum Gasteiger partial charge on any atom is 0.128 e. The first-order valence-corrected chi connectivity index (χ1v) is 7.18. The van der Waals surface area contributed by atoms with E-state index in [4.69, 9.17) is 15.2 Å². The van der Waals surface area contributed by atoms with E-state index in [1.807, 2.05) is 24.3 Å². The second-order valence-corrected chi connectivity index (χ2v) is 5.30. The molecule has 2 aromatic rings. The highest BCUT2D eigenvalue weighted by atomic mass is 16.5. The van der Waals surface area contributed by atoms with Crippen molar-refractivity contribution in [3.8, 4) is 17.2 Å². The molecule has 116 valence electrons. The van der Waals surface area contributed by atoms with E-state index >= 15 is 0 Å². The van der Waals surface area contributed by atoms with Gasteiger partial charge in [0.2, 0.25) is 0 Å². The van der Waals surface area contributed by atoms with E-state index in [1.165, 1.54) is 0 Å². The van der Waals surface area contributed by atoms with Crippen LogP contribution in [0.25, 0.3) is 0 Å². The number of fused-ring (bicyclic) bond motifs is 1. The zero-order valence-corrected chi connectivity index (χ0v) is 12.7. The van der Waals surface area contributed by atoms with Crippen molar-refractivity contribution in [1.29, 1.82) is 0 Å². The van der Waals surface area contributed by atoms with Gasteiger partial charge in [-0.25, -0.2) is 0 Å². The van der Waals surface area contributed by atoms with Crippen LogP contribution in [0, 0.1) is 0 Å². The summed E-state index contributed by atoms with van der Waals surface area (Å²) in [6.07, 6.45) is 0. The predicted octanol–water partition coefficient (Wildman–Crippen LogP) is 2.43. The number of phenolic OH excluding ortho intramolecular Hbond substituents is 1. The summed E-state index contributed by atoms with van der Waals surface area (Å²) in [5.74, 6) is 1.83. The van der Waals surface area contributed by atoms with Gasteiger partial charge in [0, 0.05) is 30.4 Å². The number of hydrogen-bond donors (Lipinski definition) is 2. The molecule has 1 atom stereocenters. The molecule has 2 aromatic carbocycles. The fraction of sp³-hybridized carbons (Fsp3) is 0.294. The molecule has 1 unspecified atom stereocenters. The zero-order valence-electron chi connectivity index (χ0n) is 12.7. The van der Waals surface area contributed by atoms with Crippen LogP contribution in [0.4, 0.5) is 5.69 Å². The van der Waals surface area contributed by atoms with Gasteiger partial charge < -0.3 is 25.2 Å². The minimum Gasteiger partial charge on any atom is -0.508 e. The monoisotopic (exact) mass is 300 g/mol. The number of benzene rings is 2. The van der Waals surface area contributed by atoms with Crippen LogP contribution in [0.2, 0.25) is 0 Å². The quantitative estimate of drug-likeness (QED) is 0.907. The summed E-state index contributed by atoms with van der Waals surface area (Å²) in [7, 11) is 3.31. The zero-order chi connectivity index (χ0) is 15.7. The molecule has 1 aliphatic rings. The van der Waals surface area contributed by atoms with Gasteiger partial charge in [-0.3, -0.25) is 0 Å². The summed E-state index contributed by atoms with van der Waals surface area (Å²) in [6, 6.07) is 11.1. The molecular formula is C17H20N2O3. The number of methoxy groups -OCH3 is 2. The van der Waals surface area contributed by atoms with Gasteiger partial charge >= 0.3 is 0 Å². The van der Waals surface area contributed by atoms with Crippen molar-refractivity contribution in [1.82, 2.24) is 0 Å². The number of aromatic hydroxyl groups is 1. The standard InChI is InChI=1S/C17H20N2O3/c1-21-14-7-11-10-19(12-3-5-13(20)6-4-12)15(9-18)17(11)16(8-14)22-2/h3-8,15,20H,9-10,18H2,1-2H3. The number of anilines is 1. The van der Waals surface area contributed by atoms with Crippen molar-refractivity contribution in [2.45, 2.75) is 12.6 Å². The van der Waals surface area contributed by atoms with Crippen LogP contribution in [0.3, 0.4) is 0 Å². The average Bonchev–Trinajstić information content (AvgIpc) is 2.92. The third-order valence-corrected chi connectivity index (χ3v) is 4.11. The molecule has 1 heterocycles. The molecule has 0 bridgehead atoms. The fourth-order valence-electron chi connectivity index (χ4n) is 3.06. The number of rotatable bonds is 4. The second-order valence-electron chi connectivity index (χ2n) is 5.30. The van der Waals surface area contributed by atoms with E-state index in [0.29, 0.717) is 6.54 Å². The van der Waals surface area contributed by atoms with E-state index in [9.17, 15) is 5.11 Å². The lowest BCUT2D eigenvalue weighted by molar-refractivity contribution is 0.389. The van der Waals surface area contributed by atoms with Gasteiger partial charge in [-0.2, -0.15) is 0 Å². The highest BCUT2D eigenvalue weighted by molar-refractivity contribution is 5.60. The van der Waals surface area contributed by atoms with Crippen LogP contribution in [0.5, 0.6) is 17.2 Å². The van der Waals surface area contributed by atoms with Crippen LogP contribution in [-0.4, -0.2) is 25.9 Å². The minimum absolute atomic E-state index is 0.0420. The lowest BCUT2D eigenvalue weighted by atomic mass is 10.0. The lowest BCUT2D eigenvalue weighted by Gasteiger charge is -2.26. The van der Waals surface area contributed by atoms with Gasteiger partial charge in [0.25, 0.3) is 0 Å². The van der Waals surface area contributed by atoms with E-state index in [1.54, 1.807) is 26.4 Å². The van der Waals surface area contributed by atoms with E-state index in [0.717, 1.165) is 34.9 Å². The third-order valence-electron chi connectivity index (χ3n) is 4.11. The normalized spacial score (nSPS) is 16.5. The number of hydrogen-bond acceptors (Lipinski definition) is 5. The molecule has 0 aliphatic carbocycles. The van der Waals surface area contributed by atoms with Crippen molar-refractivity contribution >= 4 is 5.69 Å². The first-order chi connectivity index (χ1) is 10.7. The van der Waals surface area contributed by atoms with Crippen LogP contribution in [-0.2, 0) is 6.54 Å². The van der Waals surface area contributed by atoms with Gasteiger partial charge in [-0.15, -0.1) is 0 Å². The van der Waals surface area contributed by atoms with Crippen LogP contribution < -0.4 is 20.1 Å². The summed E-state index contributed by atoms with van der Waals surface area (Å²) in [5, 5.41) is 9.47. The largest absolute Gasteiger partial charge is 0.508 e. The maximum absolute atomic E-state index is 9.47. The van der Waals surface area contributed by atoms with Gasteiger partial charge in [-0.1, -0.05) is 0 Å². The number of nitrogens with two attached hydrogens (primary N) is 1. The van der Waals surface area contributed by atoms with Crippen molar-refractivity contribution in [3.63, 3.8) is 0 Å². The first-order valence-electron chi connectivity index (χ1n) is 7.18. The van der Waals surface area contributed by atoms with Crippen molar-refractivity contribution in [2.75, 3.05) is 25.7 Å². The highest BCUT2D eigenvalue weighted by Gasteiger charge is 2.33. The van der Waals surface area contributed by atoms with E-state index in [-0.39, 0.29) is 11.8 Å². The Kier molecular flexibility index (Phi) is 3.81. The Labute approximate surface area is 129 Å². The molecule has 3 rings (SSSR count). The number of nitrogens with zero attached hydrogens (tertiary/aromatic N) is 1. The van der Waals surface area contributed by atoms with Crippen LogP contribution in [0.1, 0.15) is 17.2 Å². The minimum atomic E-state index is 0.0420. The Morgan fingerprint density at radius 1 is 1.18 bits per heavy atom. The van der Waals surface area contributed by atoms with E-state index in [2.05, 4.69) is 4.90 Å². The Hall–Kier alpha value is -2.40. The Morgan fingerprint density at radius 2 is 1.91 bits per heavy atom. The van der Waals surface area contributed by atoms with E-state index < -0.39 is 0 Å². The summed E-state index contributed by atoms with van der Waals surface area (Å²) < 4.78 is 10.9. The Balaban J connectivity index is 2.05. The molecule has 3 N–H and O–H groups in total. The van der Waals surface area contributed by atoms with Gasteiger partial charge in [-0.05, 0) is 35.9 Å². The van der Waals surface area contributed by atoms with Crippen LogP contribution >= 0.6 is 0 Å². The molecule has 0 saturated heterocycles. The predicted molar refractivity (Wildman–Crippen MR) is 85.6 cm³/mol. The molecule has 0 amide bonds. The molecule has 0 fully saturated rings. The Bertz CT molecular complexity index is 670.